The molecule has 0 radical (unpaired) electrons. The zero-order valence-electron chi connectivity index (χ0n) is 16.1. The number of benzene rings is 2. The fraction of sp³-hybridized carbons (Fsp3) is 0.391. The van der Waals surface area contributed by atoms with E-state index in [1.54, 1.807) is 0 Å². The van der Waals surface area contributed by atoms with Gasteiger partial charge in [-0.3, -0.25) is 9.59 Å². The van der Waals surface area contributed by atoms with Gasteiger partial charge in [-0.1, -0.05) is 60.7 Å². The van der Waals surface area contributed by atoms with Crippen molar-refractivity contribution in [3.63, 3.8) is 0 Å². The average molecular weight is 377 g/mol. The Kier molecular flexibility index (Phi) is 5.44. The van der Waals surface area contributed by atoms with Crippen LogP contribution in [-0.4, -0.2) is 53.3 Å². The van der Waals surface area contributed by atoms with Gasteiger partial charge in [0.2, 0.25) is 11.8 Å². The summed E-state index contributed by atoms with van der Waals surface area (Å²) in [7, 11) is 0. The fourth-order valence-electron chi connectivity index (χ4n) is 4.36. The van der Waals surface area contributed by atoms with Crippen molar-refractivity contribution in [3.8, 4) is 0 Å². The molecule has 0 saturated carbocycles. The molecular formula is C23H27N3O2. The highest BCUT2D eigenvalue weighted by atomic mass is 16.2. The lowest BCUT2D eigenvalue weighted by atomic mass is 9.82. The van der Waals surface area contributed by atoms with Gasteiger partial charge in [0, 0.05) is 26.2 Å². The first kappa shape index (κ1) is 18.7. The highest BCUT2D eigenvalue weighted by Gasteiger charge is 2.50. The lowest BCUT2D eigenvalue weighted by molar-refractivity contribution is -0.158. The summed E-state index contributed by atoms with van der Waals surface area (Å²) in [6, 6.07) is 20.4. The third-order valence-corrected chi connectivity index (χ3v) is 6.07. The minimum Gasteiger partial charge on any atom is -0.345 e. The van der Waals surface area contributed by atoms with Crippen molar-refractivity contribution in [2.24, 2.45) is 0 Å². The lowest BCUT2D eigenvalue weighted by Crippen LogP contribution is -2.69. The predicted molar refractivity (Wildman–Crippen MR) is 109 cm³/mol. The van der Waals surface area contributed by atoms with Gasteiger partial charge in [0.25, 0.3) is 0 Å². The smallest absolute Gasteiger partial charge is 0.246 e. The number of piperidine rings is 1. The minimum atomic E-state index is -0.714. The first-order valence-corrected chi connectivity index (χ1v) is 10.1. The van der Waals surface area contributed by atoms with Crippen LogP contribution in [0, 0.1) is 0 Å². The summed E-state index contributed by atoms with van der Waals surface area (Å²) in [5.74, 6) is 0.0203. The van der Waals surface area contributed by atoms with E-state index in [1.165, 1.54) is 5.56 Å². The summed E-state index contributed by atoms with van der Waals surface area (Å²) in [5.41, 5.74) is 1.68. The van der Waals surface area contributed by atoms with Crippen LogP contribution < -0.4 is 5.32 Å². The molecular weight excluding hydrogens is 350 g/mol. The minimum absolute atomic E-state index is 0.00532. The maximum Gasteiger partial charge on any atom is 0.246 e. The first-order valence-electron chi connectivity index (χ1n) is 10.1. The average Bonchev–Trinajstić information content (AvgIpc) is 2.75. The molecule has 2 saturated heterocycles. The van der Waals surface area contributed by atoms with Crippen LogP contribution in [0.1, 0.15) is 24.0 Å². The van der Waals surface area contributed by atoms with E-state index in [0.717, 1.165) is 31.6 Å². The van der Waals surface area contributed by atoms with E-state index < -0.39 is 5.54 Å². The molecule has 0 bridgehead atoms. The third-order valence-electron chi connectivity index (χ3n) is 6.07. The van der Waals surface area contributed by atoms with E-state index in [4.69, 9.17) is 0 Å². The summed E-state index contributed by atoms with van der Waals surface area (Å²) in [4.78, 5) is 29.8. The predicted octanol–water partition coefficient (Wildman–Crippen LogP) is 2.22. The van der Waals surface area contributed by atoms with Crippen LogP contribution in [0.2, 0.25) is 0 Å². The van der Waals surface area contributed by atoms with Crippen LogP contribution in [0.15, 0.2) is 60.7 Å². The van der Waals surface area contributed by atoms with Gasteiger partial charge in [-0.2, -0.15) is 0 Å². The summed E-state index contributed by atoms with van der Waals surface area (Å²) in [6.45, 7) is 3.24. The highest BCUT2D eigenvalue weighted by Crippen LogP contribution is 2.33. The molecule has 2 aromatic rings. The molecule has 0 unspecified atom stereocenters. The van der Waals surface area contributed by atoms with Crippen LogP contribution in [0.5, 0.6) is 0 Å². The van der Waals surface area contributed by atoms with E-state index in [-0.39, 0.29) is 18.4 Å². The summed E-state index contributed by atoms with van der Waals surface area (Å²) in [5, 5.41) is 2.83. The van der Waals surface area contributed by atoms with E-state index in [2.05, 4.69) is 34.5 Å². The number of nitrogens with one attached hydrogen (secondary N) is 1. The van der Waals surface area contributed by atoms with Gasteiger partial charge < -0.3 is 15.1 Å². The van der Waals surface area contributed by atoms with Crippen LogP contribution in [0.3, 0.4) is 0 Å². The van der Waals surface area contributed by atoms with Crippen molar-refractivity contribution >= 4 is 11.8 Å². The zero-order chi connectivity index (χ0) is 19.4. The van der Waals surface area contributed by atoms with Gasteiger partial charge in [-0.05, 0) is 30.4 Å². The van der Waals surface area contributed by atoms with Gasteiger partial charge in [-0.25, -0.2) is 0 Å². The van der Waals surface area contributed by atoms with Crippen LogP contribution in [0.4, 0.5) is 0 Å². The molecule has 2 aliphatic heterocycles. The molecule has 5 heteroatoms. The maximum atomic E-state index is 12.9. The number of carbonyl (C=O) groups is 2. The van der Waals surface area contributed by atoms with Crippen molar-refractivity contribution in [2.45, 2.75) is 31.3 Å². The molecule has 1 spiro atoms. The fourth-order valence-corrected chi connectivity index (χ4v) is 4.36. The highest BCUT2D eigenvalue weighted by molar-refractivity contribution is 5.98. The van der Waals surface area contributed by atoms with E-state index in [0.29, 0.717) is 19.4 Å². The summed E-state index contributed by atoms with van der Waals surface area (Å²) >= 11 is 0. The number of nitrogens with zero attached hydrogens (tertiary/aromatic N) is 2. The van der Waals surface area contributed by atoms with Crippen molar-refractivity contribution < 1.29 is 9.59 Å². The largest absolute Gasteiger partial charge is 0.345 e. The van der Waals surface area contributed by atoms with Crippen molar-refractivity contribution in [1.82, 2.24) is 15.1 Å². The van der Waals surface area contributed by atoms with Crippen LogP contribution >= 0.6 is 0 Å². The van der Waals surface area contributed by atoms with Gasteiger partial charge in [0.1, 0.15) is 5.54 Å². The van der Waals surface area contributed by atoms with E-state index in [1.807, 2.05) is 41.3 Å². The molecule has 2 amide bonds. The summed E-state index contributed by atoms with van der Waals surface area (Å²) < 4.78 is 0. The molecule has 5 nitrogen and oxygen atoms in total. The molecule has 4 rings (SSSR count). The Morgan fingerprint density at radius 1 is 0.857 bits per heavy atom. The molecule has 0 aliphatic carbocycles. The molecule has 1 N–H and O–H groups in total. The van der Waals surface area contributed by atoms with Gasteiger partial charge in [-0.15, -0.1) is 0 Å². The van der Waals surface area contributed by atoms with E-state index >= 15 is 0 Å². The molecule has 2 aromatic carbocycles. The van der Waals surface area contributed by atoms with Crippen molar-refractivity contribution in [2.75, 3.05) is 26.2 Å². The Labute approximate surface area is 166 Å². The number of piperazine rings is 1. The second-order valence-corrected chi connectivity index (χ2v) is 7.76. The molecule has 2 aliphatic rings. The Morgan fingerprint density at radius 3 is 2.11 bits per heavy atom. The van der Waals surface area contributed by atoms with Crippen LogP contribution in [0.25, 0.3) is 0 Å². The van der Waals surface area contributed by atoms with Crippen molar-refractivity contribution in [3.05, 3.63) is 71.8 Å². The second-order valence-electron chi connectivity index (χ2n) is 7.76. The molecule has 2 heterocycles. The van der Waals surface area contributed by atoms with Gasteiger partial charge in [0.15, 0.2) is 0 Å². The zero-order valence-corrected chi connectivity index (χ0v) is 16.1. The Bertz CT molecular complexity index is 814. The molecule has 146 valence electrons. The quantitative estimate of drug-likeness (QED) is 0.869. The molecule has 2 fully saturated rings. The number of amides is 2. The number of rotatable bonds is 5. The lowest BCUT2D eigenvalue weighted by Gasteiger charge is -2.50. The second kappa shape index (κ2) is 8.15. The van der Waals surface area contributed by atoms with Crippen molar-refractivity contribution in [1.29, 1.82) is 0 Å². The third kappa shape index (κ3) is 3.80. The van der Waals surface area contributed by atoms with Crippen LogP contribution in [-0.2, 0) is 22.6 Å². The number of likely N-dealkylation sites (tertiary alicyclic amines) is 1. The Morgan fingerprint density at radius 2 is 1.46 bits per heavy atom. The molecule has 0 atom stereocenters. The molecule has 28 heavy (non-hydrogen) atoms. The Hall–Kier alpha value is -2.66. The number of hydrogen-bond acceptors (Lipinski definition) is 3. The normalized spacial score (nSPS) is 19.6. The van der Waals surface area contributed by atoms with E-state index in [9.17, 15) is 9.59 Å². The maximum absolute atomic E-state index is 12.9. The monoisotopic (exact) mass is 377 g/mol. The Balaban J connectivity index is 1.44. The summed E-state index contributed by atoms with van der Waals surface area (Å²) in [6.07, 6.45) is 2.38. The standard InChI is InChI=1S/C23H27N3O2/c27-21-17-24-22(28)23(26(21)18-20-9-5-2-6-10-20)12-15-25(16-13-23)14-11-19-7-3-1-4-8-19/h1-10H,11-18H2,(H,24,28). The SMILES string of the molecule is O=C1CNC(=O)C2(CCN(CCc3ccccc3)CC2)N1Cc1ccccc1. The number of hydrogen-bond donors (Lipinski definition) is 1. The topological polar surface area (TPSA) is 52.7 Å². The van der Waals surface area contributed by atoms with Gasteiger partial charge in [0.05, 0.1) is 6.54 Å². The molecule has 0 aromatic heterocycles. The van der Waals surface area contributed by atoms with Gasteiger partial charge >= 0.3 is 0 Å². The number of carbonyl (C=O) groups excluding carboxylic acids is 2. The first-order chi connectivity index (χ1) is 13.7.